The number of rotatable bonds is 6. The summed E-state index contributed by atoms with van der Waals surface area (Å²) in [6.07, 6.45) is 2.33. The summed E-state index contributed by atoms with van der Waals surface area (Å²) < 4.78 is 5.89. The number of nitrogens with zero attached hydrogens (tertiary/aromatic N) is 1. The van der Waals surface area contributed by atoms with Crippen molar-refractivity contribution in [2.45, 2.75) is 13.3 Å². The molecule has 0 aliphatic carbocycles. The molecule has 0 fully saturated rings. The van der Waals surface area contributed by atoms with E-state index in [2.05, 4.69) is 26.2 Å². The first-order valence-corrected chi connectivity index (χ1v) is 6.49. The van der Waals surface area contributed by atoms with E-state index in [4.69, 9.17) is 16.3 Å². The van der Waals surface area contributed by atoms with E-state index in [0.717, 1.165) is 10.9 Å². The Labute approximate surface area is 114 Å². The second-order valence-corrected chi connectivity index (χ2v) is 4.57. The second-order valence-electron chi connectivity index (χ2n) is 3.30. The van der Waals surface area contributed by atoms with Crippen LogP contribution in [0.25, 0.3) is 0 Å². The molecule has 17 heavy (non-hydrogen) atoms. The van der Waals surface area contributed by atoms with Crippen molar-refractivity contribution in [1.29, 1.82) is 0 Å². The number of hydrogen-bond acceptors (Lipinski definition) is 3. The predicted molar refractivity (Wildman–Crippen MR) is 70.4 cm³/mol. The lowest BCUT2D eigenvalue weighted by Gasteiger charge is -2.06. The van der Waals surface area contributed by atoms with Crippen LogP contribution in [-0.2, 0) is 4.74 Å². The van der Waals surface area contributed by atoms with Gasteiger partial charge in [-0.15, -0.1) is 0 Å². The van der Waals surface area contributed by atoms with Gasteiger partial charge in [0.1, 0.15) is 5.15 Å². The Morgan fingerprint density at radius 2 is 2.41 bits per heavy atom. The van der Waals surface area contributed by atoms with E-state index in [0.29, 0.717) is 25.3 Å². The third-order valence-electron chi connectivity index (χ3n) is 2.01. The Bertz CT molecular complexity index is 388. The number of pyridine rings is 1. The number of ether oxygens (including phenoxy) is 1. The molecule has 0 aromatic carbocycles. The van der Waals surface area contributed by atoms with Crippen LogP contribution >= 0.6 is 27.5 Å². The van der Waals surface area contributed by atoms with Gasteiger partial charge in [-0.25, -0.2) is 4.98 Å². The van der Waals surface area contributed by atoms with Crippen LogP contribution in [0.1, 0.15) is 23.7 Å². The summed E-state index contributed by atoms with van der Waals surface area (Å²) >= 11 is 9.08. The standard InChI is InChI=1S/C11H14BrClN2O2/c1-2-17-5-3-4-14-11(16)9-6-8(12)7-15-10(9)13/h6-7H,2-5H2,1H3,(H,14,16). The van der Waals surface area contributed by atoms with Gasteiger partial charge in [0.2, 0.25) is 0 Å². The highest BCUT2D eigenvalue weighted by Gasteiger charge is 2.11. The van der Waals surface area contributed by atoms with E-state index in [1.165, 1.54) is 0 Å². The molecule has 0 radical (unpaired) electrons. The van der Waals surface area contributed by atoms with Crippen LogP contribution in [-0.4, -0.2) is 30.6 Å². The number of amides is 1. The molecular formula is C11H14BrClN2O2. The van der Waals surface area contributed by atoms with Crippen molar-refractivity contribution in [3.63, 3.8) is 0 Å². The Kier molecular flexibility index (Phi) is 6.47. The summed E-state index contributed by atoms with van der Waals surface area (Å²) in [7, 11) is 0. The van der Waals surface area contributed by atoms with Crippen LogP contribution in [0.4, 0.5) is 0 Å². The van der Waals surface area contributed by atoms with Crippen LogP contribution in [0.3, 0.4) is 0 Å². The van der Waals surface area contributed by atoms with Crippen molar-refractivity contribution in [3.05, 3.63) is 27.5 Å². The molecule has 1 aromatic heterocycles. The molecule has 94 valence electrons. The van der Waals surface area contributed by atoms with Gasteiger partial charge in [0.15, 0.2) is 0 Å². The van der Waals surface area contributed by atoms with E-state index >= 15 is 0 Å². The monoisotopic (exact) mass is 320 g/mol. The molecule has 6 heteroatoms. The summed E-state index contributed by atoms with van der Waals surface area (Å²) in [6.45, 7) is 3.82. The van der Waals surface area contributed by atoms with Crippen LogP contribution < -0.4 is 5.32 Å². The maximum absolute atomic E-state index is 11.8. The molecule has 0 bridgehead atoms. The first-order chi connectivity index (χ1) is 8.15. The molecule has 0 saturated heterocycles. The molecule has 0 aliphatic heterocycles. The normalized spacial score (nSPS) is 10.3. The first kappa shape index (κ1) is 14.4. The minimum absolute atomic E-state index is 0.204. The molecule has 0 spiro atoms. The van der Waals surface area contributed by atoms with Crippen LogP contribution in [0, 0.1) is 0 Å². The van der Waals surface area contributed by atoms with Gasteiger partial charge in [-0.3, -0.25) is 4.79 Å². The molecule has 1 aromatic rings. The van der Waals surface area contributed by atoms with Crippen molar-refractivity contribution in [1.82, 2.24) is 10.3 Å². The van der Waals surface area contributed by atoms with E-state index in [1.807, 2.05) is 6.92 Å². The van der Waals surface area contributed by atoms with E-state index in [9.17, 15) is 4.79 Å². The third-order valence-corrected chi connectivity index (χ3v) is 2.74. The number of hydrogen-bond donors (Lipinski definition) is 1. The van der Waals surface area contributed by atoms with Gasteiger partial charge in [0.05, 0.1) is 5.56 Å². The molecule has 0 aliphatic rings. The lowest BCUT2D eigenvalue weighted by Crippen LogP contribution is -2.25. The number of halogens is 2. The lowest BCUT2D eigenvalue weighted by atomic mass is 10.2. The topological polar surface area (TPSA) is 51.2 Å². The molecule has 4 nitrogen and oxygen atoms in total. The number of carbonyl (C=O) groups is 1. The fraction of sp³-hybridized carbons (Fsp3) is 0.455. The van der Waals surface area contributed by atoms with E-state index in [-0.39, 0.29) is 11.1 Å². The zero-order valence-corrected chi connectivity index (χ0v) is 11.8. The summed E-state index contributed by atoms with van der Waals surface area (Å²) in [6, 6.07) is 1.65. The Morgan fingerprint density at radius 1 is 1.65 bits per heavy atom. The smallest absolute Gasteiger partial charge is 0.254 e. The highest BCUT2D eigenvalue weighted by molar-refractivity contribution is 9.10. The molecule has 0 atom stereocenters. The van der Waals surface area contributed by atoms with E-state index < -0.39 is 0 Å². The minimum Gasteiger partial charge on any atom is -0.382 e. The van der Waals surface area contributed by atoms with Crippen molar-refractivity contribution < 1.29 is 9.53 Å². The van der Waals surface area contributed by atoms with Crippen molar-refractivity contribution in [3.8, 4) is 0 Å². The van der Waals surface area contributed by atoms with Gasteiger partial charge in [0, 0.05) is 30.4 Å². The summed E-state index contributed by atoms with van der Waals surface area (Å²) in [5.41, 5.74) is 0.373. The molecule has 0 saturated carbocycles. The first-order valence-electron chi connectivity index (χ1n) is 5.32. The average Bonchev–Trinajstić information content (AvgIpc) is 2.32. The fourth-order valence-electron chi connectivity index (χ4n) is 1.20. The van der Waals surface area contributed by atoms with Gasteiger partial charge >= 0.3 is 0 Å². The summed E-state index contributed by atoms with van der Waals surface area (Å²) in [5.74, 6) is -0.222. The highest BCUT2D eigenvalue weighted by atomic mass is 79.9. The largest absolute Gasteiger partial charge is 0.382 e. The zero-order valence-electron chi connectivity index (χ0n) is 9.50. The predicted octanol–water partition coefficient (Wildman–Crippen LogP) is 2.65. The minimum atomic E-state index is -0.222. The third kappa shape index (κ3) is 5.02. The van der Waals surface area contributed by atoms with Gasteiger partial charge < -0.3 is 10.1 Å². The van der Waals surface area contributed by atoms with Crippen molar-refractivity contribution >= 4 is 33.4 Å². The molecule has 1 amide bonds. The summed E-state index contributed by atoms with van der Waals surface area (Å²) in [5, 5.41) is 2.97. The molecule has 1 heterocycles. The second kappa shape index (κ2) is 7.63. The van der Waals surface area contributed by atoms with Crippen LogP contribution in [0.2, 0.25) is 5.15 Å². The fourth-order valence-corrected chi connectivity index (χ4v) is 1.72. The van der Waals surface area contributed by atoms with Gasteiger partial charge in [-0.2, -0.15) is 0 Å². The zero-order chi connectivity index (χ0) is 12.7. The quantitative estimate of drug-likeness (QED) is 0.647. The molecular weight excluding hydrogens is 307 g/mol. The number of nitrogens with one attached hydrogen (secondary N) is 1. The maximum atomic E-state index is 11.8. The number of aromatic nitrogens is 1. The van der Waals surface area contributed by atoms with Crippen molar-refractivity contribution in [2.75, 3.05) is 19.8 Å². The van der Waals surface area contributed by atoms with E-state index in [1.54, 1.807) is 12.3 Å². The molecule has 1 N–H and O–H groups in total. The van der Waals surface area contributed by atoms with Crippen molar-refractivity contribution in [2.24, 2.45) is 0 Å². The molecule has 0 unspecified atom stereocenters. The lowest BCUT2D eigenvalue weighted by molar-refractivity contribution is 0.0944. The summed E-state index contributed by atoms with van der Waals surface area (Å²) in [4.78, 5) is 15.6. The Balaban J connectivity index is 2.44. The van der Waals surface area contributed by atoms with Gasteiger partial charge in [0.25, 0.3) is 5.91 Å². The van der Waals surface area contributed by atoms with Crippen LogP contribution in [0.15, 0.2) is 16.7 Å². The average molecular weight is 322 g/mol. The van der Waals surface area contributed by atoms with Gasteiger partial charge in [-0.05, 0) is 35.3 Å². The Morgan fingerprint density at radius 3 is 3.12 bits per heavy atom. The number of carbonyl (C=O) groups excluding carboxylic acids is 1. The Hall–Kier alpha value is -0.650. The van der Waals surface area contributed by atoms with Crippen LogP contribution in [0.5, 0.6) is 0 Å². The maximum Gasteiger partial charge on any atom is 0.254 e. The molecule has 1 rings (SSSR count). The van der Waals surface area contributed by atoms with Gasteiger partial charge in [-0.1, -0.05) is 11.6 Å². The SMILES string of the molecule is CCOCCCNC(=O)c1cc(Br)cnc1Cl. The highest BCUT2D eigenvalue weighted by Crippen LogP contribution is 2.17.